The van der Waals surface area contributed by atoms with Gasteiger partial charge in [0, 0.05) is 6.04 Å². The standard InChI is InChI=1S/C14H31N3O2/c1-7-19-13(18)14(3,15)11-12(2)17(6)10-8-9-16(4)5/h12H,7-11,15H2,1-6H3. The number of ether oxygens (including phenoxy) is 1. The Hall–Kier alpha value is -0.650. The quantitative estimate of drug-likeness (QED) is 0.633. The van der Waals surface area contributed by atoms with Crippen LogP contribution in [0.4, 0.5) is 0 Å². The van der Waals surface area contributed by atoms with E-state index in [1.54, 1.807) is 13.8 Å². The topological polar surface area (TPSA) is 58.8 Å². The van der Waals surface area contributed by atoms with Crippen LogP contribution in [0.5, 0.6) is 0 Å². The molecule has 0 saturated heterocycles. The highest BCUT2D eigenvalue weighted by Gasteiger charge is 2.32. The summed E-state index contributed by atoms with van der Waals surface area (Å²) in [6, 6.07) is 0.251. The van der Waals surface area contributed by atoms with Crippen molar-refractivity contribution in [2.45, 2.75) is 45.2 Å². The molecule has 5 nitrogen and oxygen atoms in total. The Morgan fingerprint density at radius 3 is 2.37 bits per heavy atom. The molecule has 2 atom stereocenters. The second-order valence-electron chi connectivity index (χ2n) is 5.83. The van der Waals surface area contributed by atoms with Crippen LogP contribution in [0.3, 0.4) is 0 Å². The second kappa shape index (κ2) is 8.51. The Balaban J connectivity index is 4.19. The molecule has 0 bridgehead atoms. The molecule has 0 aliphatic heterocycles. The highest BCUT2D eigenvalue weighted by Crippen LogP contribution is 2.15. The summed E-state index contributed by atoms with van der Waals surface area (Å²) >= 11 is 0. The van der Waals surface area contributed by atoms with Gasteiger partial charge in [0.2, 0.25) is 0 Å². The number of hydrogen-bond donors (Lipinski definition) is 1. The molecule has 5 heteroatoms. The van der Waals surface area contributed by atoms with Crippen molar-refractivity contribution < 1.29 is 9.53 Å². The van der Waals surface area contributed by atoms with Crippen LogP contribution in [0, 0.1) is 0 Å². The summed E-state index contributed by atoms with van der Waals surface area (Å²) in [4.78, 5) is 16.2. The predicted octanol–water partition coefficient (Wildman–Crippen LogP) is 0.929. The molecule has 19 heavy (non-hydrogen) atoms. The SMILES string of the molecule is CCOC(=O)C(C)(N)CC(C)N(C)CCCN(C)C. The molecule has 0 aromatic heterocycles. The first-order valence-electron chi connectivity index (χ1n) is 7.01. The van der Waals surface area contributed by atoms with Gasteiger partial charge in [0.05, 0.1) is 6.61 Å². The van der Waals surface area contributed by atoms with Gasteiger partial charge in [-0.25, -0.2) is 0 Å². The summed E-state index contributed by atoms with van der Waals surface area (Å²) in [7, 11) is 6.21. The lowest BCUT2D eigenvalue weighted by molar-refractivity contribution is -0.149. The van der Waals surface area contributed by atoms with Crippen molar-refractivity contribution in [3.63, 3.8) is 0 Å². The molecule has 114 valence electrons. The molecule has 0 rings (SSSR count). The van der Waals surface area contributed by atoms with E-state index < -0.39 is 5.54 Å². The number of hydrogen-bond acceptors (Lipinski definition) is 5. The second-order valence-corrected chi connectivity index (χ2v) is 5.83. The number of carbonyl (C=O) groups is 1. The molecule has 0 spiro atoms. The molecule has 0 saturated carbocycles. The summed E-state index contributed by atoms with van der Waals surface area (Å²) in [5, 5.41) is 0. The molecule has 0 aliphatic carbocycles. The zero-order chi connectivity index (χ0) is 15.1. The van der Waals surface area contributed by atoms with E-state index in [2.05, 4.69) is 37.9 Å². The minimum absolute atomic E-state index is 0.251. The van der Waals surface area contributed by atoms with Crippen LogP contribution in [0.15, 0.2) is 0 Å². The fourth-order valence-electron chi connectivity index (χ4n) is 2.01. The van der Waals surface area contributed by atoms with Crippen molar-refractivity contribution in [1.29, 1.82) is 0 Å². The summed E-state index contributed by atoms with van der Waals surface area (Å²) < 4.78 is 5.01. The Kier molecular flexibility index (Phi) is 8.22. The van der Waals surface area contributed by atoms with Crippen LogP contribution in [-0.2, 0) is 9.53 Å². The van der Waals surface area contributed by atoms with Crippen molar-refractivity contribution >= 4 is 5.97 Å². The monoisotopic (exact) mass is 273 g/mol. The predicted molar refractivity (Wildman–Crippen MR) is 79.1 cm³/mol. The van der Waals surface area contributed by atoms with E-state index in [9.17, 15) is 4.79 Å². The van der Waals surface area contributed by atoms with Crippen LogP contribution in [0.1, 0.15) is 33.6 Å². The lowest BCUT2D eigenvalue weighted by Crippen LogP contribution is -2.50. The van der Waals surface area contributed by atoms with Gasteiger partial charge in [-0.05, 0) is 67.8 Å². The van der Waals surface area contributed by atoms with Crippen molar-refractivity contribution in [2.24, 2.45) is 5.73 Å². The number of nitrogens with two attached hydrogens (primary N) is 1. The maximum Gasteiger partial charge on any atom is 0.325 e. The zero-order valence-electron chi connectivity index (χ0n) is 13.4. The normalized spacial score (nSPS) is 16.5. The first kappa shape index (κ1) is 18.4. The third-order valence-electron chi connectivity index (χ3n) is 3.33. The van der Waals surface area contributed by atoms with Gasteiger partial charge in [-0.15, -0.1) is 0 Å². The smallest absolute Gasteiger partial charge is 0.325 e. The van der Waals surface area contributed by atoms with Gasteiger partial charge < -0.3 is 20.3 Å². The van der Waals surface area contributed by atoms with Gasteiger partial charge in [0.1, 0.15) is 5.54 Å². The maximum absolute atomic E-state index is 11.8. The first-order valence-corrected chi connectivity index (χ1v) is 7.01. The summed E-state index contributed by atoms with van der Waals surface area (Å²) in [5.74, 6) is -0.316. The molecule has 0 fully saturated rings. The first-order chi connectivity index (χ1) is 8.70. The van der Waals surface area contributed by atoms with Gasteiger partial charge in [0.15, 0.2) is 0 Å². The Morgan fingerprint density at radius 1 is 1.32 bits per heavy atom. The fraction of sp³-hybridized carbons (Fsp3) is 0.929. The largest absolute Gasteiger partial charge is 0.465 e. The van der Waals surface area contributed by atoms with E-state index in [-0.39, 0.29) is 12.0 Å². The molecule has 0 amide bonds. The molecule has 0 heterocycles. The van der Waals surface area contributed by atoms with E-state index in [1.165, 1.54) is 0 Å². The van der Waals surface area contributed by atoms with Crippen molar-refractivity contribution in [1.82, 2.24) is 9.80 Å². The number of esters is 1. The Bertz CT molecular complexity index is 267. The maximum atomic E-state index is 11.8. The fourth-order valence-corrected chi connectivity index (χ4v) is 2.01. The molecule has 0 aromatic carbocycles. The molecule has 0 radical (unpaired) electrons. The molecular weight excluding hydrogens is 242 g/mol. The van der Waals surface area contributed by atoms with Gasteiger partial charge in [-0.1, -0.05) is 0 Å². The highest BCUT2D eigenvalue weighted by atomic mass is 16.5. The van der Waals surface area contributed by atoms with E-state index in [1.807, 2.05) is 0 Å². The van der Waals surface area contributed by atoms with E-state index in [0.29, 0.717) is 13.0 Å². The van der Waals surface area contributed by atoms with Gasteiger partial charge in [-0.3, -0.25) is 4.79 Å². The molecule has 2 N–H and O–H groups in total. The van der Waals surface area contributed by atoms with Crippen molar-refractivity contribution in [3.05, 3.63) is 0 Å². The summed E-state index contributed by atoms with van der Waals surface area (Å²) in [6.07, 6.45) is 1.71. The zero-order valence-corrected chi connectivity index (χ0v) is 13.4. The molecule has 0 aromatic rings. The average Bonchev–Trinajstić information content (AvgIpc) is 2.27. The number of carbonyl (C=O) groups excluding carboxylic acids is 1. The van der Waals surface area contributed by atoms with Crippen LogP contribution in [0.25, 0.3) is 0 Å². The minimum atomic E-state index is -0.911. The number of nitrogens with zero attached hydrogens (tertiary/aromatic N) is 2. The van der Waals surface area contributed by atoms with Gasteiger partial charge >= 0.3 is 5.97 Å². The molecule has 2 unspecified atom stereocenters. The Morgan fingerprint density at radius 2 is 1.89 bits per heavy atom. The highest BCUT2D eigenvalue weighted by molar-refractivity contribution is 5.80. The van der Waals surface area contributed by atoms with Crippen molar-refractivity contribution in [3.8, 4) is 0 Å². The summed E-state index contributed by atoms with van der Waals surface area (Å²) in [5.41, 5.74) is 5.14. The minimum Gasteiger partial charge on any atom is -0.465 e. The van der Waals surface area contributed by atoms with E-state index >= 15 is 0 Å². The summed E-state index contributed by atoms with van der Waals surface area (Å²) in [6.45, 7) is 8.08. The average molecular weight is 273 g/mol. The van der Waals surface area contributed by atoms with Crippen LogP contribution in [0.2, 0.25) is 0 Å². The van der Waals surface area contributed by atoms with E-state index in [0.717, 1.165) is 19.5 Å². The van der Waals surface area contributed by atoms with E-state index in [4.69, 9.17) is 10.5 Å². The molecule has 0 aliphatic rings. The van der Waals surface area contributed by atoms with Gasteiger partial charge in [-0.2, -0.15) is 0 Å². The van der Waals surface area contributed by atoms with Crippen molar-refractivity contribution in [2.75, 3.05) is 40.8 Å². The lowest BCUT2D eigenvalue weighted by Gasteiger charge is -2.31. The number of rotatable bonds is 9. The van der Waals surface area contributed by atoms with Crippen LogP contribution in [-0.4, -0.2) is 68.2 Å². The molecular formula is C14H31N3O2. The van der Waals surface area contributed by atoms with Crippen LogP contribution >= 0.6 is 0 Å². The van der Waals surface area contributed by atoms with Crippen LogP contribution < -0.4 is 5.73 Å². The lowest BCUT2D eigenvalue weighted by atomic mass is 9.94. The third kappa shape index (κ3) is 7.50. The third-order valence-corrected chi connectivity index (χ3v) is 3.33. The van der Waals surface area contributed by atoms with Gasteiger partial charge in [0.25, 0.3) is 0 Å². The Labute approximate surface area is 118 Å².